The first-order valence-electron chi connectivity index (χ1n) is 20.6. The molecule has 15 heteroatoms. The Morgan fingerprint density at radius 3 is 2.22 bits per heavy atom. The fraction of sp³-hybridized carbons (Fsp3) is 0.455. The van der Waals surface area contributed by atoms with Gasteiger partial charge in [-0.2, -0.15) is 0 Å². The third kappa shape index (κ3) is 12.8. The van der Waals surface area contributed by atoms with Gasteiger partial charge in [0.1, 0.15) is 23.9 Å². The van der Waals surface area contributed by atoms with E-state index in [0.717, 1.165) is 45.2 Å². The molecule has 15 nitrogen and oxygen atoms in total. The number of benzene rings is 3. The summed E-state index contributed by atoms with van der Waals surface area (Å²) >= 11 is 0. The van der Waals surface area contributed by atoms with Crippen molar-refractivity contribution in [1.29, 1.82) is 0 Å². The minimum Gasteiger partial charge on any atom is -0.508 e. The highest BCUT2D eigenvalue weighted by Crippen LogP contribution is 2.38. The number of amides is 6. The van der Waals surface area contributed by atoms with Gasteiger partial charge in [-0.25, -0.2) is 0 Å². The summed E-state index contributed by atoms with van der Waals surface area (Å²) in [6.45, 7) is 5.54. The van der Waals surface area contributed by atoms with E-state index >= 15 is 0 Å². The quantitative estimate of drug-likeness (QED) is 0.0882. The number of rotatable bonds is 19. The highest BCUT2D eigenvalue weighted by atomic mass is 16.3. The minimum atomic E-state index is -0.987. The highest BCUT2D eigenvalue weighted by Gasteiger charge is 2.31. The molecule has 0 bridgehead atoms. The molecule has 3 aromatic carbocycles. The number of hydrogen-bond acceptors (Lipinski definition) is 9. The van der Waals surface area contributed by atoms with E-state index < -0.39 is 35.8 Å². The highest BCUT2D eigenvalue weighted by molar-refractivity contribution is 6.18. The summed E-state index contributed by atoms with van der Waals surface area (Å²) < 4.78 is 0. The molecule has 3 atom stereocenters. The van der Waals surface area contributed by atoms with Gasteiger partial charge in [0.2, 0.25) is 29.5 Å². The first-order chi connectivity index (χ1) is 28.4. The van der Waals surface area contributed by atoms with Crippen molar-refractivity contribution >= 4 is 52.5 Å². The van der Waals surface area contributed by atoms with E-state index in [9.17, 15) is 33.9 Å². The topological polar surface area (TPSA) is 215 Å². The summed E-state index contributed by atoms with van der Waals surface area (Å²) in [5.41, 5.74) is 8.66. The van der Waals surface area contributed by atoms with Crippen molar-refractivity contribution in [3.05, 3.63) is 83.9 Å². The summed E-state index contributed by atoms with van der Waals surface area (Å²) in [6, 6.07) is 18.0. The summed E-state index contributed by atoms with van der Waals surface area (Å²) in [4.78, 5) is 82.1. The van der Waals surface area contributed by atoms with Crippen LogP contribution >= 0.6 is 0 Å². The molecule has 2 aliphatic heterocycles. The number of carbonyl (C=O) groups is 6. The van der Waals surface area contributed by atoms with Gasteiger partial charge in [-0.3, -0.25) is 38.6 Å². The lowest BCUT2D eigenvalue weighted by atomic mass is 9.91. The van der Waals surface area contributed by atoms with Crippen molar-refractivity contribution < 1.29 is 33.9 Å². The number of carbonyl (C=O) groups excluding carboxylic acids is 6. The van der Waals surface area contributed by atoms with Crippen molar-refractivity contribution in [2.45, 2.75) is 89.8 Å². The minimum absolute atomic E-state index is 0.0758. The number of unbranched alkanes of at least 4 members (excludes halogenated alkanes) is 2. The Labute approximate surface area is 345 Å². The van der Waals surface area contributed by atoms with E-state index in [0.29, 0.717) is 66.5 Å². The first kappa shape index (κ1) is 44.3. The van der Waals surface area contributed by atoms with Gasteiger partial charge < -0.3 is 37.4 Å². The molecule has 316 valence electrons. The normalized spacial score (nSPS) is 15.6. The number of fused-ring (bicyclic) bond motifs is 2. The van der Waals surface area contributed by atoms with Crippen LogP contribution in [0, 0.1) is 5.92 Å². The molecule has 0 aromatic heterocycles. The van der Waals surface area contributed by atoms with Crippen LogP contribution in [0.2, 0.25) is 0 Å². The zero-order valence-electron chi connectivity index (χ0n) is 34.0. The number of para-hydroxylation sites is 3. The molecule has 0 aliphatic carbocycles. The molecule has 3 aromatic rings. The Hall–Kier alpha value is -5.80. The molecule has 0 radical (unpaired) electrons. The third-order valence-corrected chi connectivity index (χ3v) is 10.8. The predicted molar refractivity (Wildman–Crippen MR) is 226 cm³/mol. The number of aromatic hydroxyl groups is 1. The Morgan fingerprint density at radius 2 is 1.51 bits per heavy atom. The predicted octanol–water partition coefficient (Wildman–Crippen LogP) is 3.49. The molecule has 2 heterocycles. The Balaban J connectivity index is 1.04. The summed E-state index contributed by atoms with van der Waals surface area (Å²) in [5, 5.41) is 23.6. The zero-order valence-corrected chi connectivity index (χ0v) is 34.0. The summed E-state index contributed by atoms with van der Waals surface area (Å²) in [7, 11) is 0. The van der Waals surface area contributed by atoms with Gasteiger partial charge in [0, 0.05) is 19.9 Å². The van der Waals surface area contributed by atoms with E-state index in [4.69, 9.17) is 5.73 Å². The maximum Gasteiger partial charge on any atom is 0.257 e. The number of likely N-dealkylation sites (tertiary alicyclic amines) is 1. The van der Waals surface area contributed by atoms with Gasteiger partial charge in [-0.15, -0.1) is 0 Å². The summed E-state index contributed by atoms with van der Waals surface area (Å²) in [6.07, 6.45) is 6.46. The van der Waals surface area contributed by atoms with Gasteiger partial charge in [0.25, 0.3) is 5.91 Å². The molecule has 0 spiro atoms. The average Bonchev–Trinajstić information content (AvgIpc) is 3.34. The fourth-order valence-electron chi connectivity index (χ4n) is 7.57. The molecule has 1 fully saturated rings. The zero-order chi connectivity index (χ0) is 42.3. The Bertz CT molecular complexity index is 1930. The van der Waals surface area contributed by atoms with Gasteiger partial charge >= 0.3 is 0 Å². The molecule has 2 aliphatic rings. The van der Waals surface area contributed by atoms with Crippen molar-refractivity contribution in [3.63, 3.8) is 0 Å². The molecule has 1 saturated heterocycles. The molecule has 6 amide bonds. The van der Waals surface area contributed by atoms with Gasteiger partial charge in [-0.05, 0) is 113 Å². The van der Waals surface area contributed by atoms with Crippen LogP contribution in [0.15, 0.2) is 72.8 Å². The lowest BCUT2D eigenvalue weighted by Crippen LogP contribution is -2.56. The summed E-state index contributed by atoms with van der Waals surface area (Å²) in [5.74, 6) is -1.55. The number of anilines is 3. The van der Waals surface area contributed by atoms with Crippen molar-refractivity contribution in [3.8, 4) is 5.75 Å². The van der Waals surface area contributed by atoms with E-state index in [1.54, 1.807) is 41.3 Å². The van der Waals surface area contributed by atoms with Gasteiger partial charge in [-0.1, -0.05) is 49.2 Å². The van der Waals surface area contributed by atoms with Crippen LogP contribution in [0.4, 0.5) is 17.1 Å². The Morgan fingerprint density at radius 1 is 0.814 bits per heavy atom. The molecule has 59 heavy (non-hydrogen) atoms. The third-order valence-electron chi connectivity index (χ3n) is 10.8. The largest absolute Gasteiger partial charge is 0.508 e. The van der Waals surface area contributed by atoms with E-state index in [2.05, 4.69) is 31.5 Å². The second-order valence-corrected chi connectivity index (χ2v) is 15.4. The van der Waals surface area contributed by atoms with Crippen LogP contribution < -0.4 is 37.2 Å². The monoisotopic (exact) mass is 810 g/mol. The SMILES string of the molecule is CC(=O)N[C@@H](Cc1ccc(O)cc1)C(=O)N[C@@H](C)C(=O)N[C@@H](CCCCN)C(=O)NCCCCC1CCN(CC(=O)N2c3ccccc3NC(=O)c3ccccc32)CC1. The van der Waals surface area contributed by atoms with Crippen LogP contribution in [0.3, 0.4) is 0 Å². The smallest absolute Gasteiger partial charge is 0.257 e. The second-order valence-electron chi connectivity index (χ2n) is 15.4. The molecule has 8 N–H and O–H groups in total. The first-order valence-corrected chi connectivity index (χ1v) is 20.6. The molecular formula is C44H58N8O7. The molecule has 0 saturated carbocycles. The average molecular weight is 811 g/mol. The number of nitrogens with two attached hydrogens (primary N) is 1. The van der Waals surface area contributed by atoms with E-state index in [1.807, 2.05) is 24.3 Å². The van der Waals surface area contributed by atoms with Crippen molar-refractivity contribution in [2.24, 2.45) is 11.7 Å². The maximum absolute atomic E-state index is 13.9. The molecule has 5 rings (SSSR count). The lowest BCUT2D eigenvalue weighted by Gasteiger charge is -2.33. The number of phenols is 1. The van der Waals surface area contributed by atoms with Gasteiger partial charge in [0.05, 0.1) is 29.2 Å². The number of hydrogen-bond donors (Lipinski definition) is 7. The van der Waals surface area contributed by atoms with E-state index in [1.165, 1.54) is 26.0 Å². The number of nitrogens with zero attached hydrogens (tertiary/aromatic N) is 2. The molecule has 0 unspecified atom stereocenters. The van der Waals surface area contributed by atoms with Crippen molar-refractivity contribution in [2.75, 3.05) is 42.9 Å². The Kier molecular flexibility index (Phi) is 16.4. The standard InChI is InChI=1S/C44H58N8O7/c1-29(47-44(59)37(48-30(2)53)27-32-17-19-33(54)20-18-32)41(56)50-36(14-7-9-23-45)43(58)46-24-10-8-11-31-21-25-51(26-22-31)28-40(55)52-38-15-5-3-12-34(38)42(57)49-35-13-4-6-16-39(35)52/h3-6,12-13,15-20,29,31,36-37,54H,7-11,14,21-28,45H2,1-2H3,(H,46,58)(H,47,59)(H,48,53)(H,49,57)(H,50,56)/t29-,36-,37-/m0/s1. The molecular weight excluding hydrogens is 753 g/mol. The lowest BCUT2D eigenvalue weighted by molar-refractivity contribution is -0.133. The second kappa shape index (κ2) is 21.8. The van der Waals surface area contributed by atoms with Crippen LogP contribution in [0.25, 0.3) is 0 Å². The number of piperidine rings is 1. The fourth-order valence-corrected chi connectivity index (χ4v) is 7.57. The van der Waals surface area contributed by atoms with Gasteiger partial charge in [0.15, 0.2) is 0 Å². The number of nitrogens with one attached hydrogen (secondary N) is 5. The number of phenolic OH excluding ortho intramolecular Hbond substituents is 1. The maximum atomic E-state index is 13.9. The van der Waals surface area contributed by atoms with Crippen molar-refractivity contribution in [1.82, 2.24) is 26.2 Å². The van der Waals surface area contributed by atoms with Crippen LogP contribution in [0.1, 0.15) is 81.1 Å². The van der Waals surface area contributed by atoms with Crippen LogP contribution in [0.5, 0.6) is 5.75 Å². The van der Waals surface area contributed by atoms with E-state index in [-0.39, 0.29) is 36.4 Å². The van der Waals surface area contributed by atoms with Crippen LogP contribution in [-0.4, -0.2) is 96.3 Å². The van der Waals surface area contributed by atoms with Crippen LogP contribution in [-0.2, 0) is 30.4 Å².